The van der Waals surface area contributed by atoms with E-state index in [2.05, 4.69) is 5.32 Å². The highest BCUT2D eigenvalue weighted by atomic mass is 35.5. The number of hydrogen-bond acceptors (Lipinski definition) is 2. The van der Waals surface area contributed by atoms with Crippen LogP contribution in [0, 0.1) is 0 Å². The van der Waals surface area contributed by atoms with Gasteiger partial charge in [-0.05, 0) is 18.2 Å². The zero-order chi connectivity index (χ0) is 9.84. The molecule has 0 aliphatic heterocycles. The molecule has 1 aromatic rings. The molecule has 0 saturated carbocycles. The molecule has 1 N–H and O–H groups in total. The molecule has 0 aromatic heterocycles. The van der Waals surface area contributed by atoms with Gasteiger partial charge in [0.05, 0.1) is 17.7 Å². The molecule has 1 amide bonds. The molecule has 0 aliphatic rings. The van der Waals surface area contributed by atoms with Crippen molar-refractivity contribution >= 4 is 17.5 Å². The van der Waals surface area contributed by atoms with Crippen molar-refractivity contribution in [1.82, 2.24) is 5.32 Å². The first-order valence-electron chi connectivity index (χ1n) is 3.74. The first-order chi connectivity index (χ1) is 6.19. The molecule has 0 spiro atoms. The zero-order valence-electron chi connectivity index (χ0n) is 7.43. The number of hydrogen-bond donors (Lipinski definition) is 1. The van der Waals surface area contributed by atoms with E-state index in [4.69, 9.17) is 16.3 Å². The smallest absolute Gasteiger partial charge is 0.252 e. The van der Waals surface area contributed by atoms with Crippen molar-refractivity contribution in [2.75, 3.05) is 14.2 Å². The molecule has 0 unspecified atom stereocenters. The minimum Gasteiger partial charge on any atom is -0.497 e. The fourth-order valence-electron chi connectivity index (χ4n) is 0.940. The Morgan fingerprint density at radius 3 is 2.77 bits per heavy atom. The Morgan fingerprint density at radius 2 is 2.23 bits per heavy atom. The number of benzene rings is 1. The summed E-state index contributed by atoms with van der Waals surface area (Å²) in [5.41, 5.74) is 0.420. The second-order valence-electron chi connectivity index (χ2n) is 2.42. The monoisotopic (exact) mass is 199 g/mol. The van der Waals surface area contributed by atoms with Crippen LogP contribution >= 0.6 is 11.6 Å². The lowest BCUT2D eigenvalue weighted by Gasteiger charge is -2.05. The molecule has 0 saturated heterocycles. The van der Waals surface area contributed by atoms with E-state index < -0.39 is 0 Å². The summed E-state index contributed by atoms with van der Waals surface area (Å²) < 4.78 is 4.97. The van der Waals surface area contributed by atoms with E-state index in [1.54, 1.807) is 25.2 Å². The van der Waals surface area contributed by atoms with Crippen molar-refractivity contribution in [3.63, 3.8) is 0 Å². The summed E-state index contributed by atoms with van der Waals surface area (Å²) in [7, 11) is 3.09. The molecule has 0 fully saturated rings. The lowest BCUT2D eigenvalue weighted by molar-refractivity contribution is 0.0963. The molecule has 1 aromatic carbocycles. The van der Waals surface area contributed by atoms with E-state index in [0.29, 0.717) is 16.3 Å². The number of amides is 1. The highest BCUT2D eigenvalue weighted by molar-refractivity contribution is 6.33. The van der Waals surface area contributed by atoms with Gasteiger partial charge in [0.25, 0.3) is 5.91 Å². The number of rotatable bonds is 2. The second-order valence-corrected chi connectivity index (χ2v) is 2.83. The summed E-state index contributed by atoms with van der Waals surface area (Å²) in [6.45, 7) is 0. The summed E-state index contributed by atoms with van der Waals surface area (Å²) in [6.07, 6.45) is 0. The van der Waals surface area contributed by atoms with Gasteiger partial charge in [0.2, 0.25) is 0 Å². The van der Waals surface area contributed by atoms with E-state index in [1.807, 2.05) is 0 Å². The van der Waals surface area contributed by atoms with Gasteiger partial charge < -0.3 is 10.1 Å². The maximum atomic E-state index is 11.3. The number of nitrogens with one attached hydrogen (secondary N) is 1. The zero-order valence-corrected chi connectivity index (χ0v) is 8.18. The van der Waals surface area contributed by atoms with Crippen molar-refractivity contribution in [3.05, 3.63) is 28.8 Å². The Balaban J connectivity index is 3.11. The van der Waals surface area contributed by atoms with Crippen LogP contribution in [0.25, 0.3) is 0 Å². The van der Waals surface area contributed by atoms with Crippen LogP contribution in [0.2, 0.25) is 5.02 Å². The summed E-state index contributed by atoms with van der Waals surface area (Å²) in [5.74, 6) is 0.395. The minimum absolute atomic E-state index is 0.219. The van der Waals surface area contributed by atoms with E-state index in [-0.39, 0.29) is 5.91 Å². The Morgan fingerprint density at radius 1 is 1.54 bits per heavy atom. The van der Waals surface area contributed by atoms with Crippen molar-refractivity contribution in [2.24, 2.45) is 0 Å². The number of carbonyl (C=O) groups is 1. The minimum atomic E-state index is -0.219. The molecule has 3 nitrogen and oxygen atoms in total. The molecule has 0 radical (unpaired) electrons. The van der Waals surface area contributed by atoms with Crippen LogP contribution < -0.4 is 10.1 Å². The maximum absolute atomic E-state index is 11.3. The predicted molar refractivity (Wildman–Crippen MR) is 51.4 cm³/mol. The summed E-state index contributed by atoms with van der Waals surface area (Å²) in [6, 6.07) is 4.93. The van der Waals surface area contributed by atoms with E-state index in [0.717, 1.165) is 0 Å². The largest absolute Gasteiger partial charge is 0.497 e. The lowest BCUT2D eigenvalue weighted by atomic mass is 10.2. The van der Waals surface area contributed by atoms with Crippen LogP contribution in [0.1, 0.15) is 10.4 Å². The van der Waals surface area contributed by atoms with Crippen LogP contribution in [0.4, 0.5) is 0 Å². The topological polar surface area (TPSA) is 38.3 Å². The summed E-state index contributed by atoms with van der Waals surface area (Å²) in [5, 5.41) is 2.91. The molecule has 0 heterocycles. The molecular weight excluding hydrogens is 190 g/mol. The third-order valence-electron chi connectivity index (χ3n) is 1.65. The summed E-state index contributed by atoms with van der Waals surface area (Å²) in [4.78, 5) is 11.3. The molecule has 0 aliphatic carbocycles. The first kappa shape index (κ1) is 9.86. The summed E-state index contributed by atoms with van der Waals surface area (Å²) >= 11 is 5.81. The Bertz CT molecular complexity index is 325. The fourth-order valence-corrected chi connectivity index (χ4v) is 1.14. The number of carbonyl (C=O) groups excluding carboxylic acids is 1. The predicted octanol–water partition coefficient (Wildman–Crippen LogP) is 1.71. The van der Waals surface area contributed by atoms with Crippen LogP contribution in [0.5, 0.6) is 5.75 Å². The average Bonchev–Trinajstić information content (AvgIpc) is 2.17. The molecule has 4 heteroatoms. The van der Waals surface area contributed by atoms with E-state index in [1.165, 1.54) is 7.11 Å². The third-order valence-corrected chi connectivity index (χ3v) is 1.97. The standard InChI is InChI=1S/C9H10ClNO2/c1-11-9(12)7-5-6(13-2)3-4-8(7)10/h3-5H,1-2H3,(H,11,12). The highest BCUT2D eigenvalue weighted by Crippen LogP contribution is 2.21. The van der Waals surface area contributed by atoms with Crippen molar-refractivity contribution in [3.8, 4) is 5.75 Å². The Hall–Kier alpha value is -1.22. The van der Waals surface area contributed by atoms with Gasteiger partial charge in [-0.25, -0.2) is 0 Å². The van der Waals surface area contributed by atoms with Gasteiger partial charge in [0.1, 0.15) is 5.75 Å². The van der Waals surface area contributed by atoms with Crippen LogP contribution in [-0.2, 0) is 0 Å². The number of methoxy groups -OCH3 is 1. The van der Waals surface area contributed by atoms with Gasteiger partial charge in [0.15, 0.2) is 0 Å². The Kier molecular flexibility index (Phi) is 3.14. The van der Waals surface area contributed by atoms with E-state index in [9.17, 15) is 4.79 Å². The van der Waals surface area contributed by atoms with Gasteiger partial charge in [-0.1, -0.05) is 11.6 Å². The first-order valence-corrected chi connectivity index (χ1v) is 4.12. The van der Waals surface area contributed by atoms with E-state index >= 15 is 0 Å². The fraction of sp³-hybridized carbons (Fsp3) is 0.222. The van der Waals surface area contributed by atoms with Crippen LogP contribution in [0.3, 0.4) is 0 Å². The molecule has 1 rings (SSSR count). The Labute approximate surface area is 81.7 Å². The van der Waals surface area contributed by atoms with Crippen molar-refractivity contribution in [2.45, 2.75) is 0 Å². The van der Waals surface area contributed by atoms with Gasteiger partial charge in [-0.2, -0.15) is 0 Å². The van der Waals surface area contributed by atoms with Gasteiger partial charge >= 0.3 is 0 Å². The maximum Gasteiger partial charge on any atom is 0.252 e. The number of halogens is 1. The molecule has 0 bridgehead atoms. The van der Waals surface area contributed by atoms with Gasteiger partial charge in [-0.15, -0.1) is 0 Å². The molecular formula is C9H10ClNO2. The molecule has 0 atom stereocenters. The van der Waals surface area contributed by atoms with Crippen molar-refractivity contribution in [1.29, 1.82) is 0 Å². The van der Waals surface area contributed by atoms with Gasteiger partial charge in [-0.3, -0.25) is 4.79 Å². The SMILES string of the molecule is CNC(=O)c1cc(OC)ccc1Cl. The average molecular weight is 200 g/mol. The van der Waals surface area contributed by atoms with Crippen LogP contribution in [-0.4, -0.2) is 20.1 Å². The lowest BCUT2D eigenvalue weighted by Crippen LogP contribution is -2.18. The number of ether oxygens (including phenoxy) is 1. The highest BCUT2D eigenvalue weighted by Gasteiger charge is 2.09. The van der Waals surface area contributed by atoms with Crippen LogP contribution in [0.15, 0.2) is 18.2 Å². The van der Waals surface area contributed by atoms with Gasteiger partial charge in [0, 0.05) is 7.05 Å². The second kappa shape index (κ2) is 4.14. The molecule has 70 valence electrons. The molecule has 13 heavy (non-hydrogen) atoms. The normalized spacial score (nSPS) is 9.46. The quantitative estimate of drug-likeness (QED) is 0.788. The van der Waals surface area contributed by atoms with Crippen molar-refractivity contribution < 1.29 is 9.53 Å². The third kappa shape index (κ3) is 2.12.